The number of nitrogens with zero attached hydrogens (tertiary/aromatic N) is 1. The van der Waals surface area contributed by atoms with Crippen LogP contribution in [0.15, 0.2) is 59.7 Å². The van der Waals surface area contributed by atoms with Crippen molar-refractivity contribution >= 4 is 17.4 Å². The summed E-state index contributed by atoms with van der Waals surface area (Å²) in [7, 11) is 0. The van der Waals surface area contributed by atoms with E-state index in [4.69, 9.17) is 4.74 Å². The molecule has 0 heterocycles. The predicted molar refractivity (Wildman–Crippen MR) is 103 cm³/mol. The minimum absolute atomic E-state index is 0.102. The Bertz CT molecular complexity index is 714. The molecule has 0 aromatic heterocycles. The normalized spacial score (nSPS) is 11.9. The van der Waals surface area contributed by atoms with Crippen molar-refractivity contribution in [2.75, 3.05) is 12.0 Å². The maximum absolute atomic E-state index is 12.2. The molecule has 0 aliphatic rings. The van der Waals surface area contributed by atoms with Crippen LogP contribution in [-0.2, 0) is 21.4 Å². The second-order valence-corrected chi connectivity index (χ2v) is 6.88. The minimum Gasteiger partial charge on any atom is -0.461 e. The molecule has 1 N–H and O–H groups in total. The number of nitrogens with one attached hydrogen (secondary N) is 1. The molecule has 0 bridgehead atoms. The molecule has 4 nitrogen and oxygen atoms in total. The summed E-state index contributed by atoms with van der Waals surface area (Å²) in [4.78, 5) is 12.2. The second-order valence-electron chi connectivity index (χ2n) is 6.88. The molecule has 0 saturated heterocycles. The zero-order valence-corrected chi connectivity index (χ0v) is 15.4. The van der Waals surface area contributed by atoms with Crippen LogP contribution in [0.5, 0.6) is 0 Å². The highest BCUT2D eigenvalue weighted by Gasteiger charge is 2.15. The van der Waals surface area contributed by atoms with Gasteiger partial charge >= 0.3 is 5.97 Å². The molecule has 2 rings (SSSR count). The molecule has 132 valence electrons. The zero-order chi connectivity index (χ0) is 18.3. The summed E-state index contributed by atoms with van der Waals surface area (Å²) >= 11 is 0. The fourth-order valence-corrected chi connectivity index (χ4v) is 2.34. The molecule has 2 aromatic rings. The summed E-state index contributed by atoms with van der Waals surface area (Å²) in [6.07, 6.45) is 0.423. The first kappa shape index (κ1) is 18.7. The van der Waals surface area contributed by atoms with Crippen LogP contribution in [-0.4, -0.2) is 18.3 Å². The van der Waals surface area contributed by atoms with Crippen LogP contribution in [0.2, 0.25) is 0 Å². The van der Waals surface area contributed by atoms with Gasteiger partial charge in [-0.05, 0) is 35.6 Å². The molecule has 4 heteroatoms. The number of hydrazone groups is 1. The summed E-state index contributed by atoms with van der Waals surface area (Å²) in [5.74, 6) is -0.398. The van der Waals surface area contributed by atoms with E-state index in [0.29, 0.717) is 18.7 Å². The highest BCUT2D eigenvalue weighted by Crippen LogP contribution is 2.23. The van der Waals surface area contributed by atoms with E-state index in [2.05, 4.69) is 43.4 Å². The van der Waals surface area contributed by atoms with E-state index in [9.17, 15) is 4.79 Å². The zero-order valence-electron chi connectivity index (χ0n) is 15.4. The van der Waals surface area contributed by atoms with Crippen LogP contribution >= 0.6 is 0 Å². The molecule has 0 radical (unpaired) electrons. The third-order valence-corrected chi connectivity index (χ3v) is 3.80. The molecule has 0 aliphatic carbocycles. The van der Waals surface area contributed by atoms with Gasteiger partial charge in [0.2, 0.25) is 0 Å². The first-order valence-electron chi connectivity index (χ1n) is 8.54. The summed E-state index contributed by atoms with van der Waals surface area (Å²) in [6, 6.07) is 17.8. The number of hydrogen-bond donors (Lipinski definition) is 1. The highest BCUT2D eigenvalue weighted by atomic mass is 16.5. The smallest absolute Gasteiger partial charge is 0.354 e. The molecular weight excluding hydrogens is 312 g/mol. The van der Waals surface area contributed by atoms with Crippen molar-refractivity contribution in [3.05, 3.63) is 65.7 Å². The lowest BCUT2D eigenvalue weighted by Gasteiger charge is -2.19. The minimum atomic E-state index is -0.398. The standard InChI is InChI=1S/C21H26N2O2/c1-5-25-20(24)19(15-16-9-7-6-8-10-16)23-22-18-13-11-17(12-14-18)21(2,3)4/h6-14,22H,5,15H2,1-4H3/b23-19-. The van der Waals surface area contributed by atoms with Gasteiger partial charge in [0.1, 0.15) is 5.71 Å². The van der Waals surface area contributed by atoms with Crippen LogP contribution < -0.4 is 5.43 Å². The fraction of sp³-hybridized carbons (Fsp3) is 0.333. The van der Waals surface area contributed by atoms with Crippen molar-refractivity contribution in [3.8, 4) is 0 Å². The van der Waals surface area contributed by atoms with E-state index in [0.717, 1.165) is 11.3 Å². The molecule has 0 aliphatic heterocycles. The second kappa shape index (κ2) is 8.47. The maximum atomic E-state index is 12.2. The Morgan fingerprint density at radius 1 is 1.04 bits per heavy atom. The Morgan fingerprint density at radius 3 is 2.24 bits per heavy atom. The van der Waals surface area contributed by atoms with Gasteiger partial charge in [-0.15, -0.1) is 0 Å². The van der Waals surface area contributed by atoms with Gasteiger partial charge in [0.25, 0.3) is 0 Å². The van der Waals surface area contributed by atoms with Crippen LogP contribution in [0.4, 0.5) is 5.69 Å². The van der Waals surface area contributed by atoms with Gasteiger partial charge in [-0.1, -0.05) is 63.2 Å². The van der Waals surface area contributed by atoms with E-state index in [1.807, 2.05) is 42.5 Å². The summed E-state index contributed by atoms with van der Waals surface area (Å²) in [5.41, 5.74) is 6.52. The number of carbonyl (C=O) groups excluding carboxylic acids is 1. The first-order valence-corrected chi connectivity index (χ1v) is 8.54. The van der Waals surface area contributed by atoms with Gasteiger partial charge in [-0.2, -0.15) is 5.10 Å². The SMILES string of the molecule is CCOC(=O)/C(Cc1ccccc1)=N\Nc1ccc(C(C)(C)C)cc1. The fourth-order valence-electron chi connectivity index (χ4n) is 2.34. The van der Waals surface area contributed by atoms with Crippen molar-refractivity contribution in [1.29, 1.82) is 0 Å². The summed E-state index contributed by atoms with van der Waals surface area (Å²) in [5, 5.41) is 4.29. The predicted octanol–water partition coefficient (Wildman–Crippen LogP) is 4.56. The largest absolute Gasteiger partial charge is 0.461 e. The van der Waals surface area contributed by atoms with Crippen molar-refractivity contribution in [2.24, 2.45) is 5.10 Å². The number of carbonyl (C=O) groups is 1. The van der Waals surface area contributed by atoms with Crippen LogP contribution in [0.1, 0.15) is 38.8 Å². The number of benzene rings is 2. The third-order valence-electron chi connectivity index (χ3n) is 3.80. The molecule has 0 saturated carbocycles. The van der Waals surface area contributed by atoms with E-state index < -0.39 is 5.97 Å². The topological polar surface area (TPSA) is 50.7 Å². The van der Waals surface area contributed by atoms with E-state index in [1.165, 1.54) is 5.56 Å². The van der Waals surface area contributed by atoms with Gasteiger partial charge < -0.3 is 4.74 Å². The first-order chi connectivity index (χ1) is 11.9. The number of anilines is 1. The van der Waals surface area contributed by atoms with Crippen LogP contribution in [0, 0.1) is 0 Å². The van der Waals surface area contributed by atoms with Gasteiger partial charge in [-0.25, -0.2) is 4.79 Å². The summed E-state index contributed by atoms with van der Waals surface area (Å²) in [6.45, 7) is 8.63. The molecule has 0 atom stereocenters. The van der Waals surface area contributed by atoms with Crippen LogP contribution in [0.3, 0.4) is 0 Å². The lowest BCUT2D eigenvalue weighted by atomic mass is 9.87. The number of rotatable bonds is 6. The maximum Gasteiger partial charge on any atom is 0.354 e. The van der Waals surface area contributed by atoms with Gasteiger partial charge in [0, 0.05) is 6.42 Å². The highest BCUT2D eigenvalue weighted by molar-refractivity contribution is 6.37. The Kier molecular flexibility index (Phi) is 6.34. The number of hydrogen-bond acceptors (Lipinski definition) is 4. The van der Waals surface area contributed by atoms with Gasteiger partial charge in [0.05, 0.1) is 12.3 Å². The lowest BCUT2D eigenvalue weighted by molar-refractivity contribution is -0.135. The number of ether oxygens (including phenoxy) is 1. The average molecular weight is 338 g/mol. The Hall–Kier alpha value is -2.62. The molecular formula is C21H26N2O2. The Morgan fingerprint density at radius 2 is 1.68 bits per heavy atom. The molecule has 0 fully saturated rings. The van der Waals surface area contributed by atoms with Crippen molar-refractivity contribution < 1.29 is 9.53 Å². The van der Waals surface area contributed by atoms with E-state index in [1.54, 1.807) is 6.92 Å². The molecule has 2 aromatic carbocycles. The average Bonchev–Trinajstić information content (AvgIpc) is 2.59. The van der Waals surface area contributed by atoms with Crippen molar-refractivity contribution in [2.45, 2.75) is 39.5 Å². The molecule has 25 heavy (non-hydrogen) atoms. The monoisotopic (exact) mass is 338 g/mol. The third kappa shape index (κ3) is 5.75. The summed E-state index contributed by atoms with van der Waals surface area (Å²) < 4.78 is 5.12. The molecule has 0 spiro atoms. The molecule has 0 amide bonds. The Labute approximate surface area is 149 Å². The van der Waals surface area contributed by atoms with E-state index >= 15 is 0 Å². The van der Waals surface area contributed by atoms with Crippen molar-refractivity contribution in [1.82, 2.24) is 0 Å². The molecule has 0 unspecified atom stereocenters. The van der Waals surface area contributed by atoms with Crippen molar-refractivity contribution in [3.63, 3.8) is 0 Å². The van der Waals surface area contributed by atoms with E-state index in [-0.39, 0.29) is 5.41 Å². The van der Waals surface area contributed by atoms with Gasteiger partial charge in [0.15, 0.2) is 0 Å². The number of esters is 1. The van der Waals surface area contributed by atoms with Gasteiger partial charge in [-0.3, -0.25) is 5.43 Å². The quantitative estimate of drug-likeness (QED) is 0.477. The Balaban J connectivity index is 2.15. The van der Waals surface area contributed by atoms with Crippen LogP contribution in [0.25, 0.3) is 0 Å². The lowest BCUT2D eigenvalue weighted by Crippen LogP contribution is -2.21.